The van der Waals surface area contributed by atoms with Crippen molar-refractivity contribution in [3.8, 4) is 0 Å². The van der Waals surface area contributed by atoms with E-state index < -0.39 is 0 Å². The first-order chi connectivity index (χ1) is 3.30. The van der Waals surface area contributed by atoms with Crippen LogP contribution >= 0.6 is 0 Å². The van der Waals surface area contributed by atoms with Gasteiger partial charge in [-0.25, -0.2) is 0 Å². The van der Waals surface area contributed by atoms with Crippen LogP contribution in [0.4, 0.5) is 0 Å². The molecule has 7 heavy (non-hydrogen) atoms. The lowest BCUT2D eigenvalue weighted by molar-refractivity contribution is 1.20. The summed E-state index contributed by atoms with van der Waals surface area (Å²) in [5, 5.41) is 0. The molecule has 0 amide bonds. The third-order valence-electron chi connectivity index (χ3n) is 1.21. The number of nitrogens with two attached hydrogens (primary N) is 1. The van der Waals surface area contributed by atoms with Crippen LogP contribution in [0, 0.1) is 0 Å². The van der Waals surface area contributed by atoms with Crippen molar-refractivity contribution in [2.75, 3.05) is 0 Å². The highest BCUT2D eigenvalue weighted by molar-refractivity contribution is 5.29. The molecule has 0 atom stereocenters. The molecule has 0 radical (unpaired) electrons. The molecule has 0 saturated carbocycles. The van der Waals surface area contributed by atoms with Gasteiger partial charge in [0.2, 0.25) is 0 Å². The number of allylic oxidation sites excluding steroid dienone is 3. The van der Waals surface area contributed by atoms with Crippen LogP contribution in [-0.2, 0) is 0 Å². The lowest BCUT2D eigenvalue weighted by Crippen LogP contribution is -1.91. The Bertz CT molecular complexity index is 131. The highest BCUT2D eigenvalue weighted by Crippen LogP contribution is 2.12. The summed E-state index contributed by atoms with van der Waals surface area (Å²) in [4.78, 5) is 0. The molecule has 0 aliphatic heterocycles. The van der Waals surface area contributed by atoms with E-state index in [9.17, 15) is 0 Å². The van der Waals surface area contributed by atoms with Gasteiger partial charge in [0.15, 0.2) is 0 Å². The summed E-state index contributed by atoms with van der Waals surface area (Å²) in [5.74, 6) is 0. The Morgan fingerprint density at radius 2 is 2.43 bits per heavy atom. The first-order valence-corrected chi connectivity index (χ1v) is 2.42. The summed E-state index contributed by atoms with van der Waals surface area (Å²) in [6.07, 6.45) is 5.08. The Hall–Kier alpha value is -0.720. The first kappa shape index (κ1) is 4.44. The van der Waals surface area contributed by atoms with Crippen LogP contribution in [0.3, 0.4) is 0 Å². The minimum atomic E-state index is 0.944. The fourth-order valence-corrected chi connectivity index (χ4v) is 0.623. The zero-order chi connectivity index (χ0) is 5.28. The molecule has 1 rings (SSSR count). The summed E-state index contributed by atoms with van der Waals surface area (Å²) in [5.41, 5.74) is 7.71. The van der Waals surface area contributed by atoms with Gasteiger partial charge in [0.05, 0.1) is 0 Å². The Morgan fingerprint density at radius 3 is 2.57 bits per heavy atom. The second-order valence-electron chi connectivity index (χ2n) is 1.84. The van der Waals surface area contributed by atoms with Crippen molar-refractivity contribution >= 4 is 0 Å². The highest BCUT2D eigenvalue weighted by atomic mass is 14.6. The summed E-state index contributed by atoms with van der Waals surface area (Å²) in [6, 6.07) is 0. The minimum absolute atomic E-state index is 0.944. The zero-order valence-corrected chi connectivity index (χ0v) is 4.44. The molecule has 1 nitrogen and oxygen atoms in total. The van der Waals surface area contributed by atoms with E-state index in [0.717, 1.165) is 12.1 Å². The Kier molecular flexibility index (Phi) is 0.895. The third kappa shape index (κ3) is 0.660. The molecule has 0 aromatic rings. The maximum atomic E-state index is 5.47. The van der Waals surface area contributed by atoms with E-state index in [2.05, 4.69) is 13.0 Å². The van der Waals surface area contributed by atoms with E-state index in [1.807, 2.05) is 6.08 Å². The van der Waals surface area contributed by atoms with Gasteiger partial charge in [-0.2, -0.15) is 0 Å². The first-order valence-electron chi connectivity index (χ1n) is 2.42. The predicted octanol–water partition coefficient (Wildman–Crippen LogP) is 1.18. The van der Waals surface area contributed by atoms with Crippen LogP contribution in [0.15, 0.2) is 23.4 Å². The lowest BCUT2D eigenvalue weighted by atomic mass is 10.2. The molecule has 0 aromatic heterocycles. The van der Waals surface area contributed by atoms with Gasteiger partial charge in [-0.1, -0.05) is 6.08 Å². The molecule has 0 fully saturated rings. The van der Waals surface area contributed by atoms with Crippen molar-refractivity contribution in [1.29, 1.82) is 0 Å². The Labute approximate surface area is 43.5 Å². The molecule has 0 heterocycles. The number of hydrogen-bond donors (Lipinski definition) is 1. The Balaban J connectivity index is 2.79. The molecule has 1 aliphatic carbocycles. The number of rotatable bonds is 0. The van der Waals surface area contributed by atoms with E-state index in [1.165, 1.54) is 5.57 Å². The van der Waals surface area contributed by atoms with Crippen molar-refractivity contribution in [3.63, 3.8) is 0 Å². The fourth-order valence-electron chi connectivity index (χ4n) is 0.623. The van der Waals surface area contributed by atoms with E-state index in [4.69, 9.17) is 5.73 Å². The molecule has 38 valence electrons. The summed E-state index contributed by atoms with van der Waals surface area (Å²) < 4.78 is 0. The van der Waals surface area contributed by atoms with Gasteiger partial charge in [-0.05, 0) is 25.0 Å². The average molecular weight is 95.1 g/mol. The van der Waals surface area contributed by atoms with E-state index >= 15 is 0 Å². The topological polar surface area (TPSA) is 26.0 Å². The molecule has 0 spiro atoms. The van der Waals surface area contributed by atoms with Crippen LogP contribution in [0.2, 0.25) is 0 Å². The fraction of sp³-hybridized carbons (Fsp3) is 0.333. The normalized spacial score (nSPS) is 19.0. The molecule has 0 unspecified atom stereocenters. The van der Waals surface area contributed by atoms with E-state index in [1.54, 1.807) is 0 Å². The second-order valence-corrected chi connectivity index (χ2v) is 1.84. The molecular formula is C6H9N. The molecule has 0 bridgehead atoms. The second kappa shape index (κ2) is 1.41. The summed E-state index contributed by atoms with van der Waals surface area (Å²) in [7, 11) is 0. The van der Waals surface area contributed by atoms with Crippen LogP contribution in [0.25, 0.3) is 0 Å². The quantitative estimate of drug-likeness (QED) is 0.480. The SMILES string of the molecule is CC1=C(N)C=CC1. The molecular weight excluding hydrogens is 86.1 g/mol. The van der Waals surface area contributed by atoms with Gasteiger partial charge in [0, 0.05) is 5.70 Å². The van der Waals surface area contributed by atoms with Crippen molar-refractivity contribution in [2.24, 2.45) is 5.73 Å². The van der Waals surface area contributed by atoms with Crippen molar-refractivity contribution in [3.05, 3.63) is 23.4 Å². The largest absolute Gasteiger partial charge is 0.399 e. The third-order valence-corrected chi connectivity index (χ3v) is 1.21. The predicted molar refractivity (Wildman–Crippen MR) is 30.6 cm³/mol. The lowest BCUT2D eigenvalue weighted by Gasteiger charge is -1.88. The van der Waals surface area contributed by atoms with E-state index in [-0.39, 0.29) is 0 Å². The standard InChI is InChI=1S/C6H9N/c1-5-3-2-4-6(5)7/h2,4H,3,7H2,1H3. The molecule has 0 saturated heterocycles. The monoisotopic (exact) mass is 95.1 g/mol. The average Bonchev–Trinajstić information content (AvgIpc) is 1.91. The van der Waals surface area contributed by atoms with Gasteiger partial charge >= 0.3 is 0 Å². The Morgan fingerprint density at radius 1 is 1.71 bits per heavy atom. The summed E-state index contributed by atoms with van der Waals surface area (Å²) in [6.45, 7) is 2.05. The van der Waals surface area contributed by atoms with E-state index in [0.29, 0.717) is 0 Å². The van der Waals surface area contributed by atoms with Crippen LogP contribution in [0.1, 0.15) is 13.3 Å². The van der Waals surface area contributed by atoms with Gasteiger partial charge in [-0.3, -0.25) is 0 Å². The summed E-state index contributed by atoms with van der Waals surface area (Å²) >= 11 is 0. The maximum absolute atomic E-state index is 5.47. The van der Waals surface area contributed by atoms with Crippen molar-refractivity contribution in [1.82, 2.24) is 0 Å². The van der Waals surface area contributed by atoms with Gasteiger partial charge in [0.1, 0.15) is 0 Å². The molecule has 2 N–H and O–H groups in total. The van der Waals surface area contributed by atoms with Crippen molar-refractivity contribution < 1.29 is 0 Å². The maximum Gasteiger partial charge on any atom is 0.0303 e. The molecule has 1 heteroatoms. The zero-order valence-electron chi connectivity index (χ0n) is 4.44. The molecule has 1 aliphatic rings. The highest BCUT2D eigenvalue weighted by Gasteiger charge is 1.96. The van der Waals surface area contributed by atoms with Gasteiger partial charge in [-0.15, -0.1) is 0 Å². The minimum Gasteiger partial charge on any atom is -0.399 e. The molecule has 0 aromatic carbocycles. The smallest absolute Gasteiger partial charge is 0.0303 e. The number of hydrogen-bond acceptors (Lipinski definition) is 1. The van der Waals surface area contributed by atoms with Gasteiger partial charge < -0.3 is 5.73 Å². The van der Waals surface area contributed by atoms with Crippen LogP contribution < -0.4 is 5.73 Å². The van der Waals surface area contributed by atoms with Crippen LogP contribution in [0.5, 0.6) is 0 Å². The van der Waals surface area contributed by atoms with Crippen LogP contribution in [-0.4, -0.2) is 0 Å². The van der Waals surface area contributed by atoms with Crippen molar-refractivity contribution in [2.45, 2.75) is 13.3 Å². The van der Waals surface area contributed by atoms with Gasteiger partial charge in [0.25, 0.3) is 0 Å².